The Morgan fingerprint density at radius 1 is 1.56 bits per heavy atom. The topological polar surface area (TPSA) is 89.7 Å². The van der Waals surface area contributed by atoms with Crippen LogP contribution in [0.1, 0.15) is 10.4 Å². The highest BCUT2D eigenvalue weighted by atomic mass is 79.9. The number of alkyl halides is 1. The maximum absolute atomic E-state index is 10.8. The minimum Gasteiger partial charge on any atom is -0.492 e. The Labute approximate surface area is 99.1 Å². The average molecular weight is 290 g/mol. The summed E-state index contributed by atoms with van der Waals surface area (Å²) in [7, 11) is 0. The molecule has 0 aliphatic heterocycles. The van der Waals surface area contributed by atoms with Gasteiger partial charge in [0.1, 0.15) is 11.3 Å². The van der Waals surface area contributed by atoms with Gasteiger partial charge in [-0.25, -0.2) is 4.79 Å². The van der Waals surface area contributed by atoms with Crippen molar-refractivity contribution < 1.29 is 19.6 Å². The van der Waals surface area contributed by atoms with Crippen molar-refractivity contribution in [2.75, 3.05) is 11.9 Å². The first-order valence-electron chi connectivity index (χ1n) is 4.26. The zero-order chi connectivity index (χ0) is 12.1. The second-order valence-corrected chi connectivity index (χ2v) is 3.57. The van der Waals surface area contributed by atoms with Crippen LogP contribution in [0.15, 0.2) is 18.2 Å². The number of nitro benzene ring substituents is 1. The summed E-state index contributed by atoms with van der Waals surface area (Å²) in [5.74, 6) is -1.13. The summed E-state index contributed by atoms with van der Waals surface area (Å²) in [4.78, 5) is 20.7. The van der Waals surface area contributed by atoms with Gasteiger partial charge in [-0.3, -0.25) is 10.1 Å². The van der Waals surface area contributed by atoms with Gasteiger partial charge in [-0.15, -0.1) is 0 Å². The smallest absolute Gasteiger partial charge is 0.339 e. The van der Waals surface area contributed by atoms with Crippen molar-refractivity contribution in [2.45, 2.75) is 0 Å². The third-order valence-electron chi connectivity index (χ3n) is 1.74. The quantitative estimate of drug-likeness (QED) is 0.509. The van der Waals surface area contributed by atoms with Gasteiger partial charge in [0.25, 0.3) is 5.69 Å². The van der Waals surface area contributed by atoms with Crippen LogP contribution in [0.25, 0.3) is 0 Å². The van der Waals surface area contributed by atoms with Gasteiger partial charge in [0, 0.05) is 17.5 Å². The Balaban J connectivity index is 3.09. The zero-order valence-electron chi connectivity index (χ0n) is 8.05. The molecule has 0 aromatic heterocycles. The van der Waals surface area contributed by atoms with Gasteiger partial charge < -0.3 is 9.84 Å². The molecule has 0 saturated carbocycles. The highest BCUT2D eigenvalue weighted by Gasteiger charge is 2.16. The molecule has 16 heavy (non-hydrogen) atoms. The lowest BCUT2D eigenvalue weighted by atomic mass is 10.2. The van der Waals surface area contributed by atoms with Crippen LogP contribution in [0.4, 0.5) is 5.69 Å². The Bertz CT molecular complexity index is 420. The van der Waals surface area contributed by atoms with Crippen LogP contribution >= 0.6 is 15.9 Å². The summed E-state index contributed by atoms with van der Waals surface area (Å²) in [5.41, 5.74) is -0.487. The molecule has 0 atom stereocenters. The molecule has 7 heteroatoms. The molecule has 0 spiro atoms. The van der Waals surface area contributed by atoms with E-state index in [2.05, 4.69) is 15.9 Å². The highest BCUT2D eigenvalue weighted by molar-refractivity contribution is 9.09. The minimum atomic E-state index is -1.26. The van der Waals surface area contributed by atoms with Crippen LogP contribution < -0.4 is 4.74 Å². The van der Waals surface area contributed by atoms with Crippen molar-refractivity contribution in [1.29, 1.82) is 0 Å². The van der Waals surface area contributed by atoms with E-state index in [0.717, 1.165) is 6.07 Å². The molecule has 1 rings (SSSR count). The number of carbonyl (C=O) groups is 1. The monoisotopic (exact) mass is 289 g/mol. The summed E-state index contributed by atoms with van der Waals surface area (Å²) in [6.45, 7) is 0.290. The molecule has 0 fully saturated rings. The summed E-state index contributed by atoms with van der Waals surface area (Å²) in [6.07, 6.45) is 0. The molecule has 0 saturated heterocycles. The van der Waals surface area contributed by atoms with Gasteiger partial charge in [-0.1, -0.05) is 15.9 Å². The molecule has 0 heterocycles. The zero-order valence-corrected chi connectivity index (χ0v) is 9.64. The maximum Gasteiger partial charge on any atom is 0.339 e. The van der Waals surface area contributed by atoms with E-state index in [0.29, 0.717) is 5.33 Å². The molecule has 0 radical (unpaired) electrons. The molecule has 0 amide bonds. The summed E-state index contributed by atoms with van der Waals surface area (Å²) in [6, 6.07) is 3.46. The first-order chi connectivity index (χ1) is 7.56. The van der Waals surface area contributed by atoms with Crippen molar-refractivity contribution in [3.63, 3.8) is 0 Å². The van der Waals surface area contributed by atoms with Gasteiger partial charge >= 0.3 is 5.97 Å². The molecule has 0 aliphatic carbocycles. The fraction of sp³-hybridized carbons (Fsp3) is 0.222. The molecular formula is C9H8BrNO5. The number of rotatable bonds is 5. The van der Waals surface area contributed by atoms with Crippen molar-refractivity contribution in [1.82, 2.24) is 0 Å². The number of carboxylic acids is 1. The largest absolute Gasteiger partial charge is 0.492 e. The molecule has 86 valence electrons. The highest BCUT2D eigenvalue weighted by Crippen LogP contribution is 2.24. The fourth-order valence-electron chi connectivity index (χ4n) is 1.07. The molecule has 0 aliphatic rings. The van der Waals surface area contributed by atoms with E-state index in [1.54, 1.807) is 0 Å². The van der Waals surface area contributed by atoms with Crippen LogP contribution in [0, 0.1) is 10.1 Å². The number of hydrogen-bond donors (Lipinski definition) is 1. The predicted octanol–water partition coefficient (Wildman–Crippen LogP) is 2.07. The number of carboxylic acid groups (broad SMARTS) is 1. The first-order valence-corrected chi connectivity index (χ1v) is 5.39. The van der Waals surface area contributed by atoms with Crippen molar-refractivity contribution in [2.24, 2.45) is 0 Å². The second-order valence-electron chi connectivity index (χ2n) is 2.78. The normalized spacial score (nSPS) is 9.81. The first kappa shape index (κ1) is 12.4. The van der Waals surface area contributed by atoms with E-state index < -0.39 is 10.9 Å². The summed E-state index contributed by atoms with van der Waals surface area (Å²) < 4.78 is 5.13. The van der Waals surface area contributed by atoms with E-state index in [1.807, 2.05) is 0 Å². The van der Waals surface area contributed by atoms with Crippen molar-refractivity contribution in [3.8, 4) is 5.75 Å². The molecule has 6 nitrogen and oxygen atoms in total. The lowest BCUT2D eigenvalue weighted by Crippen LogP contribution is -2.05. The van der Waals surface area contributed by atoms with Crippen LogP contribution in [0.3, 0.4) is 0 Å². The number of benzene rings is 1. The summed E-state index contributed by atoms with van der Waals surface area (Å²) >= 11 is 3.13. The lowest BCUT2D eigenvalue weighted by Gasteiger charge is -2.06. The van der Waals surface area contributed by atoms with Crippen molar-refractivity contribution >= 4 is 27.6 Å². The number of aromatic carboxylic acids is 1. The van der Waals surface area contributed by atoms with E-state index in [1.165, 1.54) is 12.1 Å². The lowest BCUT2D eigenvalue weighted by molar-refractivity contribution is -0.384. The molecule has 1 aromatic carbocycles. The Kier molecular flexibility index (Phi) is 4.24. The average Bonchev–Trinajstić information content (AvgIpc) is 2.25. The minimum absolute atomic E-state index is 0.123. The third-order valence-corrected chi connectivity index (χ3v) is 2.06. The van der Waals surface area contributed by atoms with Gasteiger partial charge in [0.05, 0.1) is 11.5 Å². The Hall–Kier alpha value is -1.63. The number of halogens is 1. The van der Waals surface area contributed by atoms with Crippen LogP contribution in [-0.2, 0) is 0 Å². The molecular weight excluding hydrogens is 282 g/mol. The number of nitro groups is 1. The number of hydrogen-bond acceptors (Lipinski definition) is 4. The molecule has 0 unspecified atom stereocenters. The van der Waals surface area contributed by atoms with Gasteiger partial charge in [0.2, 0.25) is 0 Å². The Morgan fingerprint density at radius 2 is 2.25 bits per heavy atom. The van der Waals surface area contributed by atoms with E-state index in [4.69, 9.17) is 9.84 Å². The summed E-state index contributed by atoms with van der Waals surface area (Å²) in [5, 5.41) is 19.9. The van der Waals surface area contributed by atoms with Crippen molar-refractivity contribution in [3.05, 3.63) is 33.9 Å². The van der Waals surface area contributed by atoms with E-state index >= 15 is 0 Å². The standard InChI is InChI=1S/C9H8BrNO5/c10-3-4-16-8-2-1-6(11(14)15)5-7(8)9(12)13/h1-2,5H,3-4H2,(H,12,13). The number of ether oxygens (including phenoxy) is 1. The fourth-order valence-corrected chi connectivity index (χ4v) is 1.23. The Morgan fingerprint density at radius 3 is 2.75 bits per heavy atom. The molecule has 1 aromatic rings. The van der Waals surface area contributed by atoms with Crippen LogP contribution in [0.2, 0.25) is 0 Å². The van der Waals surface area contributed by atoms with Gasteiger partial charge in [0.15, 0.2) is 0 Å². The molecule has 0 bridgehead atoms. The van der Waals surface area contributed by atoms with Gasteiger partial charge in [-0.05, 0) is 6.07 Å². The van der Waals surface area contributed by atoms with Crippen LogP contribution in [0.5, 0.6) is 5.75 Å². The maximum atomic E-state index is 10.8. The third kappa shape index (κ3) is 2.93. The van der Waals surface area contributed by atoms with E-state index in [-0.39, 0.29) is 23.6 Å². The predicted molar refractivity (Wildman–Crippen MR) is 59.3 cm³/mol. The second kappa shape index (κ2) is 5.45. The van der Waals surface area contributed by atoms with Crippen LogP contribution in [-0.4, -0.2) is 27.9 Å². The number of nitrogens with zero attached hydrogens (tertiary/aromatic N) is 1. The number of non-ortho nitro benzene ring substituents is 1. The van der Waals surface area contributed by atoms with Gasteiger partial charge in [-0.2, -0.15) is 0 Å². The molecule has 1 N–H and O–H groups in total. The SMILES string of the molecule is O=C(O)c1cc([N+](=O)[O-])ccc1OCCBr. The van der Waals surface area contributed by atoms with E-state index in [9.17, 15) is 14.9 Å².